The molecule has 10 heteroatoms. The summed E-state index contributed by atoms with van der Waals surface area (Å²) in [6.45, 7) is 1.17. The van der Waals surface area contributed by atoms with Gasteiger partial charge in [0.05, 0.1) is 12.7 Å². The number of hydrogen-bond acceptors (Lipinski definition) is 5. The molecule has 2 N–H and O–H groups in total. The third-order valence-electron chi connectivity index (χ3n) is 4.06. The van der Waals surface area contributed by atoms with Crippen LogP contribution in [0, 0.1) is 5.92 Å². The fourth-order valence-corrected chi connectivity index (χ4v) is 4.73. The number of rotatable bonds is 5. The first-order valence-electron chi connectivity index (χ1n) is 7.51. The normalized spacial score (nSPS) is 17.9. The Kier molecular flexibility index (Phi) is 7.52. The predicted octanol–water partition coefficient (Wildman–Crippen LogP) is 1.44. The number of ether oxygens (including phenoxy) is 1. The van der Waals surface area contributed by atoms with E-state index in [1.54, 1.807) is 14.1 Å². The highest BCUT2D eigenvalue weighted by Gasteiger charge is 2.35. The van der Waals surface area contributed by atoms with Crippen molar-refractivity contribution in [3.05, 3.63) is 22.7 Å². The van der Waals surface area contributed by atoms with E-state index in [2.05, 4.69) is 0 Å². The smallest absolute Gasteiger partial charge is 0.257 e. The molecule has 1 aliphatic rings. The van der Waals surface area contributed by atoms with Gasteiger partial charge in [0.2, 0.25) is 10.0 Å². The lowest BCUT2D eigenvalue weighted by Gasteiger charge is -2.21. The van der Waals surface area contributed by atoms with E-state index in [1.807, 2.05) is 0 Å². The molecule has 0 spiro atoms. The minimum absolute atomic E-state index is 0. The molecular weight excluding hydrogens is 389 g/mol. The van der Waals surface area contributed by atoms with Crippen LogP contribution in [0.3, 0.4) is 0 Å². The van der Waals surface area contributed by atoms with Gasteiger partial charge in [0.1, 0.15) is 4.90 Å². The Hall–Kier alpha value is -1.06. The van der Waals surface area contributed by atoms with Gasteiger partial charge in [-0.25, -0.2) is 8.42 Å². The Morgan fingerprint density at radius 3 is 2.56 bits per heavy atom. The number of nitrogens with two attached hydrogens (primary N) is 1. The van der Waals surface area contributed by atoms with Gasteiger partial charge in [0.25, 0.3) is 5.91 Å². The number of sulfonamides is 1. The molecule has 0 radical (unpaired) electrons. The summed E-state index contributed by atoms with van der Waals surface area (Å²) in [6.07, 6.45) is 0.710. The summed E-state index contributed by atoms with van der Waals surface area (Å²) in [5.74, 6) is -0.241. The number of carbonyl (C=O) groups is 1. The van der Waals surface area contributed by atoms with E-state index < -0.39 is 10.0 Å². The first kappa shape index (κ1) is 22.0. The molecule has 1 aromatic carbocycles. The van der Waals surface area contributed by atoms with Crippen LogP contribution in [0.15, 0.2) is 17.0 Å². The van der Waals surface area contributed by atoms with Crippen LogP contribution in [-0.2, 0) is 10.0 Å². The van der Waals surface area contributed by atoms with Crippen molar-refractivity contribution in [2.75, 3.05) is 40.8 Å². The molecule has 2 rings (SSSR count). The van der Waals surface area contributed by atoms with Gasteiger partial charge in [-0.05, 0) is 31.0 Å². The quantitative estimate of drug-likeness (QED) is 0.790. The van der Waals surface area contributed by atoms with E-state index in [4.69, 9.17) is 22.1 Å². The highest BCUT2D eigenvalue weighted by molar-refractivity contribution is 7.89. The average molecular weight is 412 g/mol. The van der Waals surface area contributed by atoms with Crippen molar-refractivity contribution in [1.29, 1.82) is 0 Å². The van der Waals surface area contributed by atoms with Gasteiger partial charge in [-0.3, -0.25) is 4.79 Å². The average Bonchev–Trinajstić information content (AvgIpc) is 3.03. The zero-order chi connectivity index (χ0) is 18.1. The van der Waals surface area contributed by atoms with Crippen LogP contribution in [0.4, 0.5) is 0 Å². The van der Waals surface area contributed by atoms with Crippen molar-refractivity contribution in [1.82, 2.24) is 9.21 Å². The lowest BCUT2D eigenvalue weighted by atomic mass is 10.1. The molecule has 1 fully saturated rings. The second-order valence-electron chi connectivity index (χ2n) is 5.94. The van der Waals surface area contributed by atoms with Crippen LogP contribution in [0.1, 0.15) is 16.8 Å². The lowest BCUT2D eigenvalue weighted by Crippen LogP contribution is -2.31. The Balaban J connectivity index is 0.00000312. The maximum atomic E-state index is 13.0. The van der Waals surface area contributed by atoms with Gasteiger partial charge in [-0.15, -0.1) is 12.4 Å². The highest BCUT2D eigenvalue weighted by Crippen LogP contribution is 2.35. The third-order valence-corrected chi connectivity index (χ3v) is 6.15. The molecule has 0 aliphatic carbocycles. The number of benzene rings is 1. The summed E-state index contributed by atoms with van der Waals surface area (Å²) in [5, 5.41) is 0.161. The van der Waals surface area contributed by atoms with Crippen molar-refractivity contribution in [3.8, 4) is 5.75 Å². The topological polar surface area (TPSA) is 92.9 Å². The summed E-state index contributed by atoms with van der Waals surface area (Å²) < 4.78 is 32.6. The first-order valence-corrected chi connectivity index (χ1v) is 9.33. The number of carbonyl (C=O) groups excluding carboxylic acids is 1. The highest BCUT2D eigenvalue weighted by atomic mass is 35.5. The summed E-state index contributed by atoms with van der Waals surface area (Å²) in [4.78, 5) is 13.6. The molecule has 1 heterocycles. The van der Waals surface area contributed by atoms with Gasteiger partial charge in [-0.1, -0.05) is 11.6 Å². The van der Waals surface area contributed by atoms with Crippen LogP contribution < -0.4 is 10.5 Å². The lowest BCUT2D eigenvalue weighted by molar-refractivity contribution is 0.0823. The van der Waals surface area contributed by atoms with Gasteiger partial charge in [-0.2, -0.15) is 4.31 Å². The minimum atomic E-state index is -3.83. The molecule has 1 saturated heterocycles. The van der Waals surface area contributed by atoms with Crippen LogP contribution in [0.2, 0.25) is 5.02 Å². The summed E-state index contributed by atoms with van der Waals surface area (Å²) in [6, 6.07) is 2.73. The molecule has 0 bridgehead atoms. The number of halogens is 2. The van der Waals surface area contributed by atoms with E-state index in [-0.39, 0.29) is 45.5 Å². The molecule has 7 nitrogen and oxygen atoms in total. The van der Waals surface area contributed by atoms with Gasteiger partial charge in [0.15, 0.2) is 5.75 Å². The van der Waals surface area contributed by atoms with E-state index in [1.165, 1.54) is 28.4 Å². The predicted molar refractivity (Wildman–Crippen MR) is 99.2 cm³/mol. The standard InChI is InChI=1S/C15H22ClN3O4S.ClH/c1-18(2)15(20)12-6-11(16)7-13(14(12)23-3)24(21,22)19-5-4-10(8-17)9-19;/h6-7,10H,4-5,8-9,17H2,1-3H3;1H. The van der Waals surface area contributed by atoms with Crippen molar-refractivity contribution in [2.24, 2.45) is 11.7 Å². The Morgan fingerprint density at radius 2 is 2.08 bits per heavy atom. The third kappa shape index (κ3) is 4.38. The molecule has 0 saturated carbocycles. The number of nitrogens with zero attached hydrogens (tertiary/aromatic N) is 2. The summed E-state index contributed by atoms with van der Waals surface area (Å²) in [5.41, 5.74) is 5.75. The molecule has 1 aromatic rings. The van der Waals surface area contributed by atoms with Crippen molar-refractivity contribution in [3.63, 3.8) is 0 Å². The van der Waals surface area contributed by atoms with Crippen molar-refractivity contribution in [2.45, 2.75) is 11.3 Å². The SMILES string of the molecule is COc1c(C(=O)N(C)C)cc(Cl)cc1S(=O)(=O)N1CCC(CN)C1.Cl. The fraction of sp³-hybridized carbons (Fsp3) is 0.533. The first-order chi connectivity index (χ1) is 11.2. The molecule has 1 amide bonds. The molecule has 1 atom stereocenters. The monoisotopic (exact) mass is 411 g/mol. The zero-order valence-electron chi connectivity index (χ0n) is 14.4. The summed E-state index contributed by atoms with van der Waals surface area (Å²) in [7, 11) is 0.649. The van der Waals surface area contributed by atoms with E-state index in [9.17, 15) is 13.2 Å². The zero-order valence-corrected chi connectivity index (χ0v) is 16.7. The van der Waals surface area contributed by atoms with Gasteiger partial charge >= 0.3 is 0 Å². The number of hydrogen-bond donors (Lipinski definition) is 1. The number of amides is 1. The van der Waals surface area contributed by atoms with E-state index >= 15 is 0 Å². The fourth-order valence-electron chi connectivity index (χ4n) is 2.72. The van der Waals surface area contributed by atoms with Gasteiger partial charge < -0.3 is 15.4 Å². The maximum Gasteiger partial charge on any atom is 0.257 e. The Bertz CT molecular complexity index is 741. The van der Waals surface area contributed by atoms with E-state index in [0.29, 0.717) is 26.1 Å². The second kappa shape index (κ2) is 8.55. The van der Waals surface area contributed by atoms with E-state index in [0.717, 1.165) is 0 Å². The molecule has 1 unspecified atom stereocenters. The van der Waals surface area contributed by atoms with Crippen LogP contribution in [0.25, 0.3) is 0 Å². The Labute approximate surface area is 159 Å². The number of methoxy groups -OCH3 is 1. The molecule has 25 heavy (non-hydrogen) atoms. The summed E-state index contributed by atoms with van der Waals surface area (Å²) >= 11 is 6.07. The van der Waals surface area contributed by atoms with Crippen LogP contribution in [0.5, 0.6) is 5.75 Å². The van der Waals surface area contributed by atoms with Crippen molar-refractivity contribution < 1.29 is 17.9 Å². The molecule has 142 valence electrons. The Morgan fingerprint density at radius 1 is 1.44 bits per heavy atom. The second-order valence-corrected chi connectivity index (χ2v) is 8.28. The van der Waals surface area contributed by atoms with Crippen molar-refractivity contribution >= 4 is 39.9 Å². The van der Waals surface area contributed by atoms with Crippen LogP contribution >= 0.6 is 24.0 Å². The largest absolute Gasteiger partial charge is 0.494 e. The minimum Gasteiger partial charge on any atom is -0.494 e. The maximum absolute atomic E-state index is 13.0. The molecule has 1 aliphatic heterocycles. The van der Waals surface area contributed by atoms with Gasteiger partial charge in [0, 0.05) is 32.2 Å². The molecule has 0 aromatic heterocycles. The molecular formula is C15H23Cl2N3O4S. The van der Waals surface area contributed by atoms with Crippen LogP contribution in [-0.4, -0.2) is 64.4 Å².